The van der Waals surface area contributed by atoms with E-state index in [4.69, 9.17) is 9.47 Å². The molecular weight excluding hydrogens is 376 g/mol. The molecule has 0 radical (unpaired) electrons. The number of nitrogens with zero attached hydrogens (tertiary/aromatic N) is 1. The molecule has 9 heteroatoms. The molecule has 1 aliphatic heterocycles. The maximum atomic E-state index is 13.9. The molecular formula is C19H23F2NO6. The molecule has 1 aliphatic rings. The maximum absolute atomic E-state index is 13.9. The van der Waals surface area contributed by atoms with Crippen LogP contribution in [-0.4, -0.2) is 46.9 Å². The lowest BCUT2D eigenvalue weighted by molar-refractivity contribution is -0.174. The zero-order valence-corrected chi connectivity index (χ0v) is 15.9. The number of carbonyl (C=O) groups excluding carboxylic acids is 2. The molecule has 0 aliphatic carbocycles. The molecule has 28 heavy (non-hydrogen) atoms. The smallest absolute Gasteiger partial charge is 0.413 e. The van der Waals surface area contributed by atoms with Gasteiger partial charge >= 0.3 is 18.0 Å². The summed E-state index contributed by atoms with van der Waals surface area (Å²) < 4.78 is 37.4. The number of rotatable bonds is 6. The third-order valence-electron chi connectivity index (χ3n) is 4.47. The van der Waals surface area contributed by atoms with E-state index in [1.54, 1.807) is 13.8 Å². The van der Waals surface area contributed by atoms with Crippen molar-refractivity contribution >= 4 is 18.0 Å². The van der Waals surface area contributed by atoms with Crippen LogP contribution in [0.4, 0.5) is 13.6 Å². The Balaban J connectivity index is 2.12. The second kappa shape index (κ2) is 8.99. The van der Waals surface area contributed by atoms with E-state index in [0.717, 1.165) is 23.1 Å². The lowest BCUT2D eigenvalue weighted by atomic mass is 9.96. The first kappa shape index (κ1) is 21.6. The van der Waals surface area contributed by atoms with Crippen molar-refractivity contribution < 1.29 is 37.7 Å². The normalized spacial score (nSPS) is 20.1. The molecule has 154 valence electrons. The van der Waals surface area contributed by atoms with E-state index >= 15 is 0 Å². The van der Waals surface area contributed by atoms with Gasteiger partial charge in [-0.1, -0.05) is 13.8 Å². The van der Waals surface area contributed by atoms with E-state index < -0.39 is 47.9 Å². The van der Waals surface area contributed by atoms with Crippen molar-refractivity contribution in [2.24, 2.45) is 11.8 Å². The summed E-state index contributed by atoms with van der Waals surface area (Å²) in [5.74, 6) is -3.78. The van der Waals surface area contributed by atoms with Crippen LogP contribution in [0, 0.1) is 23.5 Å². The van der Waals surface area contributed by atoms with Crippen LogP contribution in [0.1, 0.15) is 32.8 Å². The zero-order valence-electron chi connectivity index (χ0n) is 15.9. The van der Waals surface area contributed by atoms with Crippen molar-refractivity contribution in [3.63, 3.8) is 0 Å². The van der Waals surface area contributed by atoms with Crippen LogP contribution < -0.4 is 0 Å². The average Bonchev–Trinajstić information content (AvgIpc) is 3.01. The molecule has 0 saturated carbocycles. The Bertz CT molecular complexity index is 754. The van der Waals surface area contributed by atoms with Gasteiger partial charge < -0.3 is 14.6 Å². The molecule has 1 saturated heterocycles. The fraction of sp³-hybridized carbons (Fsp3) is 0.526. The first-order chi connectivity index (χ1) is 13.1. The van der Waals surface area contributed by atoms with Gasteiger partial charge in [-0.2, -0.15) is 0 Å². The minimum absolute atomic E-state index is 0.00333. The van der Waals surface area contributed by atoms with E-state index in [0.29, 0.717) is 0 Å². The number of esters is 1. The summed E-state index contributed by atoms with van der Waals surface area (Å²) >= 11 is 0. The van der Waals surface area contributed by atoms with Gasteiger partial charge in [0.25, 0.3) is 6.29 Å². The summed E-state index contributed by atoms with van der Waals surface area (Å²) in [6, 6.07) is 1.89. The monoisotopic (exact) mass is 399 g/mol. The number of likely N-dealkylation sites (tertiary alicyclic amines) is 1. The summed E-state index contributed by atoms with van der Waals surface area (Å²) in [4.78, 5) is 36.2. The quantitative estimate of drug-likeness (QED) is 0.584. The second-order valence-electron chi connectivity index (χ2n) is 7.15. The third-order valence-corrected chi connectivity index (χ3v) is 4.47. The van der Waals surface area contributed by atoms with Crippen molar-refractivity contribution in [3.05, 3.63) is 35.4 Å². The minimum atomic E-state index is -1.23. The number of carboxylic acids is 1. The highest BCUT2D eigenvalue weighted by atomic mass is 19.1. The van der Waals surface area contributed by atoms with Gasteiger partial charge in [-0.3, -0.25) is 9.69 Å². The highest BCUT2D eigenvalue weighted by molar-refractivity contribution is 5.81. The summed E-state index contributed by atoms with van der Waals surface area (Å²) in [6.07, 6.45) is -1.94. The Hall–Kier alpha value is -2.71. The summed E-state index contributed by atoms with van der Waals surface area (Å²) in [7, 11) is 0. The number of carbonyl (C=O) groups is 3. The number of hydrogen-bond acceptors (Lipinski definition) is 5. The zero-order chi connectivity index (χ0) is 21.0. The Labute approximate surface area is 161 Å². The molecule has 1 fully saturated rings. The Morgan fingerprint density at radius 2 is 1.93 bits per heavy atom. The van der Waals surface area contributed by atoms with Crippen molar-refractivity contribution in [1.29, 1.82) is 0 Å². The molecule has 0 bridgehead atoms. The van der Waals surface area contributed by atoms with Crippen LogP contribution in [0.3, 0.4) is 0 Å². The molecule has 1 aromatic rings. The van der Waals surface area contributed by atoms with E-state index in [-0.39, 0.29) is 30.9 Å². The number of halogens is 2. The molecule has 1 amide bonds. The lowest BCUT2D eigenvalue weighted by Gasteiger charge is -2.26. The van der Waals surface area contributed by atoms with Gasteiger partial charge in [0.2, 0.25) is 0 Å². The second-order valence-corrected chi connectivity index (χ2v) is 7.15. The Kier molecular flexibility index (Phi) is 6.93. The summed E-state index contributed by atoms with van der Waals surface area (Å²) in [6.45, 7) is 4.52. The van der Waals surface area contributed by atoms with Crippen molar-refractivity contribution in [2.45, 2.75) is 45.9 Å². The first-order valence-corrected chi connectivity index (χ1v) is 8.89. The van der Waals surface area contributed by atoms with Crippen LogP contribution in [-0.2, 0) is 25.5 Å². The van der Waals surface area contributed by atoms with Crippen LogP contribution in [0.2, 0.25) is 0 Å². The van der Waals surface area contributed by atoms with Gasteiger partial charge in [-0.25, -0.2) is 18.4 Å². The van der Waals surface area contributed by atoms with E-state index in [9.17, 15) is 28.3 Å². The predicted molar refractivity (Wildman–Crippen MR) is 93.2 cm³/mol. The molecule has 1 aromatic carbocycles. The largest absolute Gasteiger partial charge is 0.480 e. The van der Waals surface area contributed by atoms with Gasteiger partial charge in [0.15, 0.2) is 0 Å². The first-order valence-electron chi connectivity index (χ1n) is 8.89. The van der Waals surface area contributed by atoms with Crippen molar-refractivity contribution in [1.82, 2.24) is 4.90 Å². The molecule has 0 spiro atoms. The van der Waals surface area contributed by atoms with Crippen LogP contribution in [0.15, 0.2) is 18.2 Å². The molecule has 1 N–H and O–H groups in total. The standard InChI is InChI=1S/C19H23F2NO6/c1-10(2)18(27-11(3)23)28-19(26)22-9-12(7-16(22)17(24)25)6-13-8-14(20)4-5-15(13)21/h4-5,8,10,12,16,18H,6-7,9H2,1-3H3,(H,24,25)/t12-,16-,18-/m0/s1. The maximum Gasteiger partial charge on any atom is 0.413 e. The Morgan fingerprint density at radius 3 is 2.50 bits per heavy atom. The van der Waals surface area contributed by atoms with Gasteiger partial charge in [-0.05, 0) is 42.5 Å². The highest BCUT2D eigenvalue weighted by Crippen LogP contribution is 2.29. The summed E-state index contributed by atoms with van der Waals surface area (Å²) in [5, 5.41) is 9.43. The number of amides is 1. The van der Waals surface area contributed by atoms with Gasteiger partial charge in [0, 0.05) is 19.4 Å². The fourth-order valence-corrected chi connectivity index (χ4v) is 3.14. The van der Waals surface area contributed by atoms with Crippen LogP contribution in [0.5, 0.6) is 0 Å². The van der Waals surface area contributed by atoms with Gasteiger partial charge in [0.1, 0.15) is 17.7 Å². The number of benzene rings is 1. The fourth-order valence-electron chi connectivity index (χ4n) is 3.14. The van der Waals surface area contributed by atoms with Crippen molar-refractivity contribution in [3.8, 4) is 0 Å². The molecule has 0 unspecified atom stereocenters. The molecule has 1 heterocycles. The molecule has 3 atom stereocenters. The minimum Gasteiger partial charge on any atom is -0.480 e. The lowest BCUT2D eigenvalue weighted by Crippen LogP contribution is -2.43. The SMILES string of the molecule is CC(=O)O[C@@H](OC(=O)N1C[C@@H](Cc2cc(F)ccc2F)C[C@H]1C(=O)O)C(C)C. The molecule has 0 aromatic heterocycles. The highest BCUT2D eigenvalue weighted by Gasteiger charge is 2.41. The number of hydrogen-bond donors (Lipinski definition) is 1. The van der Waals surface area contributed by atoms with Gasteiger partial charge in [0.05, 0.1) is 0 Å². The number of carboxylic acid groups (broad SMARTS) is 1. The van der Waals surface area contributed by atoms with Gasteiger partial charge in [-0.15, -0.1) is 0 Å². The van der Waals surface area contributed by atoms with E-state index in [1.807, 2.05) is 0 Å². The number of ether oxygens (including phenoxy) is 2. The van der Waals surface area contributed by atoms with Crippen LogP contribution >= 0.6 is 0 Å². The average molecular weight is 399 g/mol. The Morgan fingerprint density at radius 1 is 1.25 bits per heavy atom. The van der Waals surface area contributed by atoms with E-state index in [1.165, 1.54) is 6.92 Å². The van der Waals surface area contributed by atoms with Crippen LogP contribution in [0.25, 0.3) is 0 Å². The third kappa shape index (κ3) is 5.40. The molecule has 7 nitrogen and oxygen atoms in total. The molecule has 2 rings (SSSR count). The predicted octanol–water partition coefficient (Wildman–Crippen LogP) is 2.96. The van der Waals surface area contributed by atoms with E-state index in [2.05, 4.69) is 0 Å². The summed E-state index contributed by atoms with van der Waals surface area (Å²) in [5.41, 5.74) is 0.115. The number of aliphatic carboxylic acids is 1. The topological polar surface area (TPSA) is 93.1 Å². The van der Waals surface area contributed by atoms with Crippen molar-refractivity contribution in [2.75, 3.05) is 6.54 Å².